The van der Waals surface area contributed by atoms with Crippen LogP contribution in [0.15, 0.2) is 54.6 Å². The second-order valence-corrected chi connectivity index (χ2v) is 3.63. The minimum absolute atomic E-state index is 0.803. The molecule has 0 heterocycles. The number of benzene rings is 2. The Kier molecular flexibility index (Phi) is 3.01. The maximum absolute atomic E-state index is 10.6. The van der Waals surface area contributed by atoms with E-state index in [-0.39, 0.29) is 0 Å². The summed E-state index contributed by atoms with van der Waals surface area (Å²) >= 11 is 0. The number of amides is 1. The standard InChI is InChI=1S/C14H13NO/c1-15(11-16)14-9-7-13(8-10-14)12-5-3-2-4-6-12/h2-11H,1H3. The number of nitrogens with zero attached hydrogens (tertiary/aromatic N) is 1. The predicted octanol–water partition coefficient (Wildman–Crippen LogP) is 2.95. The van der Waals surface area contributed by atoms with Gasteiger partial charge in [-0.2, -0.15) is 0 Å². The van der Waals surface area contributed by atoms with Crippen LogP contribution in [0.5, 0.6) is 0 Å². The summed E-state index contributed by atoms with van der Waals surface area (Å²) in [5, 5.41) is 0. The third-order valence-electron chi connectivity index (χ3n) is 2.54. The highest BCUT2D eigenvalue weighted by Gasteiger charge is 1.99. The van der Waals surface area contributed by atoms with E-state index in [9.17, 15) is 4.79 Å². The zero-order valence-electron chi connectivity index (χ0n) is 9.13. The summed E-state index contributed by atoms with van der Waals surface area (Å²) in [6, 6.07) is 18.1. The van der Waals surface area contributed by atoms with Gasteiger partial charge in [0.2, 0.25) is 6.41 Å². The second kappa shape index (κ2) is 4.62. The third kappa shape index (κ3) is 2.11. The number of hydrogen-bond acceptors (Lipinski definition) is 1. The molecule has 0 aliphatic carbocycles. The molecule has 80 valence electrons. The second-order valence-electron chi connectivity index (χ2n) is 3.63. The first-order chi connectivity index (χ1) is 7.81. The Labute approximate surface area is 95.1 Å². The first kappa shape index (κ1) is 10.4. The topological polar surface area (TPSA) is 20.3 Å². The first-order valence-corrected chi connectivity index (χ1v) is 5.15. The van der Waals surface area contributed by atoms with Crippen LogP contribution in [0.2, 0.25) is 0 Å². The normalized spacial score (nSPS) is 9.81. The Hall–Kier alpha value is -2.09. The maximum atomic E-state index is 10.6. The average molecular weight is 211 g/mol. The van der Waals surface area contributed by atoms with E-state index in [4.69, 9.17) is 0 Å². The minimum Gasteiger partial charge on any atom is -0.318 e. The molecular weight excluding hydrogens is 198 g/mol. The summed E-state index contributed by atoms with van der Waals surface area (Å²) in [6.07, 6.45) is 0.803. The van der Waals surface area contributed by atoms with Gasteiger partial charge in [0.25, 0.3) is 0 Å². The molecule has 2 rings (SSSR count). The SMILES string of the molecule is CN(C=O)c1ccc(-c2ccccc2)cc1. The molecule has 0 saturated carbocycles. The van der Waals surface area contributed by atoms with Crippen molar-refractivity contribution in [3.63, 3.8) is 0 Å². The van der Waals surface area contributed by atoms with Crippen molar-refractivity contribution in [3.8, 4) is 11.1 Å². The van der Waals surface area contributed by atoms with E-state index in [2.05, 4.69) is 12.1 Å². The van der Waals surface area contributed by atoms with Crippen molar-refractivity contribution in [3.05, 3.63) is 54.6 Å². The lowest BCUT2D eigenvalue weighted by Crippen LogP contribution is -2.13. The van der Waals surface area contributed by atoms with Crippen LogP contribution in [-0.4, -0.2) is 13.5 Å². The van der Waals surface area contributed by atoms with Crippen LogP contribution in [0.25, 0.3) is 11.1 Å². The zero-order valence-corrected chi connectivity index (χ0v) is 9.13. The summed E-state index contributed by atoms with van der Waals surface area (Å²) < 4.78 is 0. The molecule has 0 saturated heterocycles. The van der Waals surface area contributed by atoms with E-state index >= 15 is 0 Å². The lowest BCUT2D eigenvalue weighted by atomic mass is 10.1. The maximum Gasteiger partial charge on any atom is 0.213 e. The van der Waals surface area contributed by atoms with Gasteiger partial charge in [-0.3, -0.25) is 4.79 Å². The number of anilines is 1. The van der Waals surface area contributed by atoms with E-state index in [0.717, 1.165) is 17.7 Å². The van der Waals surface area contributed by atoms with Crippen molar-refractivity contribution >= 4 is 12.1 Å². The van der Waals surface area contributed by atoms with Crippen molar-refractivity contribution in [2.45, 2.75) is 0 Å². The van der Waals surface area contributed by atoms with E-state index in [0.29, 0.717) is 0 Å². The number of hydrogen-bond donors (Lipinski definition) is 0. The molecule has 0 bridgehead atoms. The smallest absolute Gasteiger partial charge is 0.213 e. The highest BCUT2D eigenvalue weighted by molar-refractivity contribution is 5.76. The van der Waals surface area contributed by atoms with Gasteiger partial charge in [0.1, 0.15) is 0 Å². The van der Waals surface area contributed by atoms with Gasteiger partial charge < -0.3 is 4.90 Å². The highest BCUT2D eigenvalue weighted by atomic mass is 16.1. The van der Waals surface area contributed by atoms with Crippen molar-refractivity contribution in [1.29, 1.82) is 0 Å². The molecule has 0 atom stereocenters. The van der Waals surface area contributed by atoms with Crippen LogP contribution in [0.3, 0.4) is 0 Å². The van der Waals surface area contributed by atoms with Crippen molar-refractivity contribution < 1.29 is 4.79 Å². The zero-order chi connectivity index (χ0) is 11.4. The molecule has 2 heteroatoms. The number of rotatable bonds is 3. The van der Waals surface area contributed by atoms with Gasteiger partial charge in [0, 0.05) is 12.7 Å². The van der Waals surface area contributed by atoms with Crippen LogP contribution in [0, 0.1) is 0 Å². The van der Waals surface area contributed by atoms with Crippen LogP contribution < -0.4 is 4.90 Å². The fraction of sp³-hybridized carbons (Fsp3) is 0.0714. The molecule has 1 amide bonds. The summed E-state index contributed by atoms with van der Waals surface area (Å²) in [6.45, 7) is 0. The van der Waals surface area contributed by atoms with Gasteiger partial charge >= 0.3 is 0 Å². The van der Waals surface area contributed by atoms with Gasteiger partial charge in [0.15, 0.2) is 0 Å². The predicted molar refractivity (Wildman–Crippen MR) is 66.3 cm³/mol. The Morgan fingerprint density at radius 1 is 0.875 bits per heavy atom. The Balaban J connectivity index is 2.30. The van der Waals surface area contributed by atoms with Gasteiger partial charge in [-0.25, -0.2) is 0 Å². The van der Waals surface area contributed by atoms with Crippen molar-refractivity contribution in [2.24, 2.45) is 0 Å². The summed E-state index contributed by atoms with van der Waals surface area (Å²) in [4.78, 5) is 12.1. The third-order valence-corrected chi connectivity index (χ3v) is 2.54. The van der Waals surface area contributed by atoms with Gasteiger partial charge in [-0.05, 0) is 23.3 Å². The lowest BCUT2D eigenvalue weighted by Gasteiger charge is -2.11. The molecule has 0 aliphatic heterocycles. The molecule has 2 nitrogen and oxygen atoms in total. The van der Waals surface area contributed by atoms with Crippen LogP contribution >= 0.6 is 0 Å². The Morgan fingerprint density at radius 2 is 1.44 bits per heavy atom. The fourth-order valence-electron chi connectivity index (χ4n) is 1.58. The Bertz CT molecular complexity index is 462. The molecule has 16 heavy (non-hydrogen) atoms. The first-order valence-electron chi connectivity index (χ1n) is 5.15. The van der Waals surface area contributed by atoms with Crippen LogP contribution in [0.1, 0.15) is 0 Å². The van der Waals surface area contributed by atoms with E-state index in [1.165, 1.54) is 5.56 Å². The molecule has 0 radical (unpaired) electrons. The molecule has 2 aromatic carbocycles. The largest absolute Gasteiger partial charge is 0.318 e. The van der Waals surface area contributed by atoms with E-state index in [1.54, 1.807) is 11.9 Å². The summed E-state index contributed by atoms with van der Waals surface area (Å²) in [5.74, 6) is 0. The molecule has 2 aromatic rings. The van der Waals surface area contributed by atoms with Gasteiger partial charge in [-0.15, -0.1) is 0 Å². The molecule has 0 aliphatic rings. The quantitative estimate of drug-likeness (QED) is 0.715. The van der Waals surface area contributed by atoms with Gasteiger partial charge in [-0.1, -0.05) is 42.5 Å². The molecular formula is C14H13NO. The monoisotopic (exact) mass is 211 g/mol. The number of carbonyl (C=O) groups excluding carboxylic acids is 1. The average Bonchev–Trinajstić information content (AvgIpc) is 2.39. The van der Waals surface area contributed by atoms with Crippen LogP contribution in [0.4, 0.5) is 5.69 Å². The fourth-order valence-corrected chi connectivity index (χ4v) is 1.58. The molecule has 0 unspecified atom stereocenters. The molecule has 0 N–H and O–H groups in total. The summed E-state index contributed by atoms with van der Waals surface area (Å²) in [7, 11) is 1.74. The van der Waals surface area contributed by atoms with Crippen molar-refractivity contribution in [1.82, 2.24) is 0 Å². The lowest BCUT2D eigenvalue weighted by molar-refractivity contribution is -0.107. The minimum atomic E-state index is 0.803. The van der Waals surface area contributed by atoms with E-state index < -0.39 is 0 Å². The highest BCUT2D eigenvalue weighted by Crippen LogP contribution is 2.21. The van der Waals surface area contributed by atoms with E-state index in [1.807, 2.05) is 42.5 Å². The number of carbonyl (C=O) groups is 1. The summed E-state index contributed by atoms with van der Waals surface area (Å²) in [5.41, 5.74) is 3.24. The van der Waals surface area contributed by atoms with Crippen LogP contribution in [-0.2, 0) is 4.79 Å². The molecule has 0 fully saturated rings. The van der Waals surface area contributed by atoms with Gasteiger partial charge in [0.05, 0.1) is 0 Å². The molecule has 0 aromatic heterocycles. The van der Waals surface area contributed by atoms with Crippen molar-refractivity contribution in [2.75, 3.05) is 11.9 Å². The Morgan fingerprint density at radius 3 is 2.00 bits per heavy atom. The molecule has 0 spiro atoms.